The zero-order valence-electron chi connectivity index (χ0n) is 13.4. The highest BCUT2D eigenvalue weighted by molar-refractivity contribution is 8.00. The molecule has 0 bridgehead atoms. The molecule has 0 radical (unpaired) electrons. The van der Waals surface area contributed by atoms with E-state index in [2.05, 4.69) is 9.97 Å². The number of esters is 1. The third kappa shape index (κ3) is 4.58. The molecule has 1 aromatic heterocycles. The van der Waals surface area contributed by atoms with Gasteiger partial charge in [-0.1, -0.05) is 25.1 Å². The molecule has 1 saturated carbocycles. The van der Waals surface area contributed by atoms with E-state index >= 15 is 0 Å². The molecule has 0 amide bonds. The second kappa shape index (κ2) is 8.16. The summed E-state index contributed by atoms with van der Waals surface area (Å²) in [4.78, 5) is 30.9. The lowest BCUT2D eigenvalue weighted by Gasteiger charge is -2.23. The average Bonchev–Trinajstić information content (AvgIpc) is 2.55. The quantitative estimate of drug-likeness (QED) is 0.505. The topological polar surface area (TPSA) is 95.8 Å². The summed E-state index contributed by atoms with van der Waals surface area (Å²) in [5.41, 5.74) is 0.0237. The second-order valence-electron chi connectivity index (χ2n) is 5.62. The number of thioether (sulfide) groups is 1. The van der Waals surface area contributed by atoms with Crippen molar-refractivity contribution in [1.29, 1.82) is 5.26 Å². The normalized spacial score (nSPS) is 16.6. The minimum absolute atomic E-state index is 0.0125. The number of nitriles is 1. The van der Waals surface area contributed by atoms with Gasteiger partial charge in [0.2, 0.25) is 0 Å². The second-order valence-corrected chi connectivity index (χ2v) is 6.94. The molecule has 0 aromatic carbocycles. The Balaban J connectivity index is 2.03. The number of rotatable bonds is 5. The monoisotopic (exact) mass is 335 g/mol. The minimum Gasteiger partial charge on any atom is -0.462 e. The first kappa shape index (κ1) is 17.5. The van der Waals surface area contributed by atoms with Crippen LogP contribution in [-0.4, -0.2) is 27.3 Å². The first-order valence-electron chi connectivity index (χ1n) is 7.95. The molecule has 0 saturated heterocycles. The largest absolute Gasteiger partial charge is 0.462 e. The zero-order valence-corrected chi connectivity index (χ0v) is 14.2. The summed E-state index contributed by atoms with van der Waals surface area (Å²) < 4.78 is 5.53. The smallest absolute Gasteiger partial charge is 0.319 e. The van der Waals surface area contributed by atoms with Crippen LogP contribution in [0.25, 0.3) is 0 Å². The Labute approximate surface area is 139 Å². The molecule has 1 fully saturated rings. The summed E-state index contributed by atoms with van der Waals surface area (Å²) >= 11 is 1.15. The summed E-state index contributed by atoms with van der Waals surface area (Å²) in [6.45, 7) is 3.57. The van der Waals surface area contributed by atoms with Crippen LogP contribution in [0.2, 0.25) is 0 Å². The fourth-order valence-corrected chi connectivity index (χ4v) is 3.38. The molecule has 1 aliphatic rings. The van der Waals surface area contributed by atoms with Crippen molar-refractivity contribution in [2.75, 3.05) is 0 Å². The minimum atomic E-state index is -0.463. The van der Waals surface area contributed by atoms with Crippen molar-refractivity contribution in [3.05, 3.63) is 21.6 Å². The third-order valence-electron chi connectivity index (χ3n) is 3.87. The molecule has 7 heteroatoms. The van der Waals surface area contributed by atoms with Crippen LogP contribution in [0.3, 0.4) is 0 Å². The number of hydrogen-bond donors (Lipinski definition) is 1. The van der Waals surface area contributed by atoms with Gasteiger partial charge in [0.05, 0.1) is 5.69 Å². The van der Waals surface area contributed by atoms with E-state index in [0.717, 1.165) is 37.4 Å². The molecule has 6 nitrogen and oxygen atoms in total. The lowest BCUT2D eigenvalue weighted by molar-refractivity contribution is -0.149. The van der Waals surface area contributed by atoms with Crippen molar-refractivity contribution in [3.8, 4) is 6.07 Å². The van der Waals surface area contributed by atoms with Crippen LogP contribution in [0.15, 0.2) is 9.95 Å². The fourth-order valence-electron chi connectivity index (χ4n) is 2.58. The maximum Gasteiger partial charge on any atom is 0.319 e. The van der Waals surface area contributed by atoms with Crippen molar-refractivity contribution < 1.29 is 9.53 Å². The molecular formula is C16H21N3O3S. The summed E-state index contributed by atoms with van der Waals surface area (Å²) in [6, 6.07) is 1.87. The van der Waals surface area contributed by atoms with Gasteiger partial charge in [-0.25, -0.2) is 4.98 Å². The number of H-pyrrole nitrogens is 1. The molecule has 1 heterocycles. The summed E-state index contributed by atoms with van der Waals surface area (Å²) in [6.07, 6.45) is 5.76. The highest BCUT2D eigenvalue weighted by Crippen LogP contribution is 2.24. The summed E-state index contributed by atoms with van der Waals surface area (Å²) in [7, 11) is 0. The van der Waals surface area contributed by atoms with Crippen LogP contribution in [-0.2, 0) is 16.0 Å². The molecule has 1 aliphatic carbocycles. The molecule has 1 N–H and O–H groups in total. The van der Waals surface area contributed by atoms with E-state index in [9.17, 15) is 9.59 Å². The Morgan fingerprint density at radius 3 is 2.78 bits per heavy atom. The van der Waals surface area contributed by atoms with E-state index in [-0.39, 0.29) is 17.6 Å². The Hall–Kier alpha value is -1.81. The van der Waals surface area contributed by atoms with Gasteiger partial charge in [0.25, 0.3) is 5.56 Å². The van der Waals surface area contributed by atoms with Crippen LogP contribution in [0, 0.1) is 11.3 Å². The Kier molecular flexibility index (Phi) is 6.22. The van der Waals surface area contributed by atoms with E-state index in [4.69, 9.17) is 10.00 Å². The van der Waals surface area contributed by atoms with Crippen LogP contribution < -0.4 is 5.56 Å². The fraction of sp³-hybridized carbons (Fsp3) is 0.625. The summed E-state index contributed by atoms with van der Waals surface area (Å²) in [5, 5.41) is 8.87. The predicted octanol–water partition coefficient (Wildman–Crippen LogP) is 2.56. The first-order chi connectivity index (χ1) is 11.0. The predicted molar refractivity (Wildman–Crippen MR) is 87.2 cm³/mol. The van der Waals surface area contributed by atoms with E-state index in [0.29, 0.717) is 17.3 Å². The van der Waals surface area contributed by atoms with E-state index < -0.39 is 10.8 Å². The number of carbonyl (C=O) groups excluding carboxylic acids is 1. The SMILES string of the molecule is CCc1nc(SC(C)C(=O)OC2CCCCC2)[nH]c(=O)c1C#N. The Bertz CT molecular complexity index is 660. The molecule has 2 rings (SSSR count). The zero-order chi connectivity index (χ0) is 16.8. The number of aromatic nitrogens is 2. The number of carbonyl (C=O) groups is 1. The van der Waals surface area contributed by atoms with Gasteiger partial charge in [0.15, 0.2) is 5.16 Å². The van der Waals surface area contributed by atoms with Gasteiger partial charge in [-0.15, -0.1) is 0 Å². The molecule has 1 atom stereocenters. The van der Waals surface area contributed by atoms with Crippen LogP contribution >= 0.6 is 11.8 Å². The maximum absolute atomic E-state index is 12.2. The van der Waals surface area contributed by atoms with Crippen LogP contribution in [0.5, 0.6) is 0 Å². The molecule has 1 aromatic rings. The van der Waals surface area contributed by atoms with Gasteiger partial charge < -0.3 is 9.72 Å². The van der Waals surface area contributed by atoms with Crippen molar-refractivity contribution in [2.45, 2.75) is 68.9 Å². The maximum atomic E-state index is 12.2. The number of nitrogens with one attached hydrogen (secondary N) is 1. The number of hydrogen-bond acceptors (Lipinski definition) is 6. The van der Waals surface area contributed by atoms with Crippen molar-refractivity contribution in [3.63, 3.8) is 0 Å². The van der Waals surface area contributed by atoms with Crippen LogP contribution in [0.4, 0.5) is 0 Å². The van der Waals surface area contributed by atoms with Gasteiger partial charge in [-0.2, -0.15) is 5.26 Å². The molecule has 124 valence electrons. The van der Waals surface area contributed by atoms with Gasteiger partial charge >= 0.3 is 5.97 Å². The molecule has 23 heavy (non-hydrogen) atoms. The highest BCUT2D eigenvalue weighted by atomic mass is 32.2. The van der Waals surface area contributed by atoms with Gasteiger partial charge in [0, 0.05) is 0 Å². The van der Waals surface area contributed by atoms with Gasteiger partial charge in [-0.3, -0.25) is 9.59 Å². The van der Waals surface area contributed by atoms with Gasteiger partial charge in [0.1, 0.15) is 23.0 Å². The molecule has 0 aliphatic heterocycles. The Morgan fingerprint density at radius 2 is 2.17 bits per heavy atom. The summed E-state index contributed by atoms with van der Waals surface area (Å²) in [5.74, 6) is -0.285. The number of aromatic amines is 1. The third-order valence-corrected chi connectivity index (χ3v) is 4.84. The number of aryl methyl sites for hydroxylation is 1. The van der Waals surface area contributed by atoms with Gasteiger partial charge in [-0.05, 0) is 39.0 Å². The van der Waals surface area contributed by atoms with E-state index in [1.807, 2.05) is 13.0 Å². The van der Waals surface area contributed by atoms with Crippen molar-refractivity contribution >= 4 is 17.7 Å². The van der Waals surface area contributed by atoms with Crippen molar-refractivity contribution in [1.82, 2.24) is 9.97 Å². The average molecular weight is 335 g/mol. The van der Waals surface area contributed by atoms with Crippen molar-refractivity contribution in [2.24, 2.45) is 0 Å². The van der Waals surface area contributed by atoms with E-state index in [1.165, 1.54) is 6.42 Å². The van der Waals surface area contributed by atoms with Crippen LogP contribution in [0.1, 0.15) is 57.2 Å². The highest BCUT2D eigenvalue weighted by Gasteiger charge is 2.23. The lowest BCUT2D eigenvalue weighted by atomic mass is 9.98. The Morgan fingerprint density at radius 1 is 1.48 bits per heavy atom. The van der Waals surface area contributed by atoms with E-state index in [1.54, 1.807) is 6.92 Å². The standard InChI is InChI=1S/C16H21N3O3S/c1-3-13-12(9-17)14(20)19-16(18-13)23-10(2)15(21)22-11-7-5-4-6-8-11/h10-11H,3-8H2,1-2H3,(H,18,19,20). The molecular weight excluding hydrogens is 314 g/mol. The number of nitrogens with zero attached hydrogens (tertiary/aromatic N) is 2. The molecule has 1 unspecified atom stereocenters. The lowest BCUT2D eigenvalue weighted by Crippen LogP contribution is -2.26. The number of ether oxygens (including phenoxy) is 1. The molecule has 0 spiro atoms. The first-order valence-corrected chi connectivity index (χ1v) is 8.83.